The number of hydrogen-bond acceptors (Lipinski definition) is 4. The molecular weight excluding hydrogens is 392 g/mol. The van der Waals surface area contributed by atoms with Crippen LogP contribution >= 0.6 is 0 Å². The van der Waals surface area contributed by atoms with Gasteiger partial charge in [-0.1, -0.05) is 24.8 Å². The molecule has 166 valence electrons. The van der Waals surface area contributed by atoms with Crippen molar-refractivity contribution in [2.75, 3.05) is 23.3 Å². The molecule has 3 aromatic rings. The Morgan fingerprint density at radius 3 is 2.56 bits per heavy atom. The second-order valence-corrected chi connectivity index (χ2v) is 10.2. The van der Waals surface area contributed by atoms with Gasteiger partial charge >= 0.3 is 0 Å². The minimum Gasteiger partial charge on any atom is -0.382 e. The average molecular weight is 427 g/mol. The van der Waals surface area contributed by atoms with Crippen LogP contribution in [-0.4, -0.2) is 34.6 Å². The van der Waals surface area contributed by atoms with E-state index in [1.54, 1.807) is 0 Å². The monoisotopic (exact) mass is 426 g/mol. The third kappa shape index (κ3) is 4.12. The number of pyridine rings is 1. The van der Waals surface area contributed by atoms with Crippen LogP contribution in [0.2, 0.25) is 0 Å². The van der Waals surface area contributed by atoms with Gasteiger partial charge in [0.25, 0.3) is 0 Å². The molecule has 0 spiro atoms. The molecule has 1 saturated heterocycles. The Balaban J connectivity index is 1.36. The van der Waals surface area contributed by atoms with E-state index in [0.29, 0.717) is 6.04 Å². The topological polar surface area (TPSA) is 31.4 Å². The normalized spacial score (nSPS) is 18.1. The maximum atomic E-state index is 4.68. The Morgan fingerprint density at radius 2 is 1.78 bits per heavy atom. The SMILES string of the molecule is C=C1CCc2cc(NC3CCN(C(C)(C)C)CC3)ccc2N1c1cnc2ccccc2c1. The lowest BCUT2D eigenvalue weighted by Crippen LogP contribution is -2.48. The Labute approximate surface area is 192 Å². The zero-order valence-corrected chi connectivity index (χ0v) is 19.6. The molecule has 4 heteroatoms. The van der Waals surface area contributed by atoms with Gasteiger partial charge in [0.15, 0.2) is 0 Å². The van der Waals surface area contributed by atoms with Crippen molar-refractivity contribution >= 4 is 28.0 Å². The van der Waals surface area contributed by atoms with Gasteiger partial charge in [-0.15, -0.1) is 0 Å². The number of anilines is 3. The van der Waals surface area contributed by atoms with Gasteiger partial charge in [0.1, 0.15) is 0 Å². The summed E-state index contributed by atoms with van der Waals surface area (Å²) >= 11 is 0. The number of aryl methyl sites for hydroxylation is 1. The van der Waals surface area contributed by atoms with E-state index in [2.05, 4.69) is 89.9 Å². The number of likely N-dealkylation sites (tertiary alicyclic amines) is 1. The Kier molecular flexibility index (Phi) is 5.42. The fourth-order valence-corrected chi connectivity index (χ4v) is 5.09. The number of rotatable bonds is 3. The first-order valence-corrected chi connectivity index (χ1v) is 11.9. The van der Waals surface area contributed by atoms with Crippen molar-refractivity contribution in [3.63, 3.8) is 0 Å². The van der Waals surface area contributed by atoms with E-state index in [4.69, 9.17) is 0 Å². The summed E-state index contributed by atoms with van der Waals surface area (Å²) in [4.78, 5) is 9.56. The predicted molar refractivity (Wildman–Crippen MR) is 136 cm³/mol. The summed E-state index contributed by atoms with van der Waals surface area (Å²) in [6, 6.07) is 17.9. The van der Waals surface area contributed by atoms with Gasteiger partial charge in [0.2, 0.25) is 0 Å². The highest BCUT2D eigenvalue weighted by molar-refractivity contribution is 5.85. The average Bonchev–Trinajstić information content (AvgIpc) is 2.78. The summed E-state index contributed by atoms with van der Waals surface area (Å²) in [7, 11) is 0. The summed E-state index contributed by atoms with van der Waals surface area (Å²) in [6.07, 6.45) is 6.36. The summed E-state index contributed by atoms with van der Waals surface area (Å²) in [5.41, 5.74) is 7.35. The van der Waals surface area contributed by atoms with Gasteiger partial charge < -0.3 is 10.2 Å². The molecule has 0 saturated carbocycles. The Morgan fingerprint density at radius 1 is 1.00 bits per heavy atom. The van der Waals surface area contributed by atoms with Crippen molar-refractivity contribution in [3.8, 4) is 0 Å². The van der Waals surface area contributed by atoms with E-state index in [9.17, 15) is 0 Å². The minimum absolute atomic E-state index is 0.264. The van der Waals surface area contributed by atoms with Crippen LogP contribution in [0, 0.1) is 0 Å². The molecule has 5 rings (SSSR count). The number of allylic oxidation sites excluding steroid dienone is 1. The van der Waals surface area contributed by atoms with E-state index in [1.165, 1.54) is 29.8 Å². The molecule has 4 nitrogen and oxygen atoms in total. The van der Waals surface area contributed by atoms with Crippen molar-refractivity contribution in [2.45, 2.75) is 58.0 Å². The predicted octanol–water partition coefficient (Wildman–Crippen LogP) is 6.51. The van der Waals surface area contributed by atoms with Crippen molar-refractivity contribution in [1.29, 1.82) is 0 Å². The molecule has 2 aromatic carbocycles. The number of para-hydroxylation sites is 1. The van der Waals surface area contributed by atoms with E-state index in [0.717, 1.165) is 48.2 Å². The van der Waals surface area contributed by atoms with Crippen molar-refractivity contribution in [3.05, 3.63) is 72.6 Å². The highest BCUT2D eigenvalue weighted by atomic mass is 15.2. The second kappa shape index (κ2) is 8.25. The lowest BCUT2D eigenvalue weighted by atomic mass is 9.96. The molecule has 0 aliphatic carbocycles. The molecule has 2 aliphatic heterocycles. The van der Waals surface area contributed by atoms with Crippen LogP contribution in [0.3, 0.4) is 0 Å². The van der Waals surface area contributed by atoms with Crippen LogP contribution < -0.4 is 10.2 Å². The maximum absolute atomic E-state index is 4.68. The third-order valence-corrected chi connectivity index (χ3v) is 6.97. The number of nitrogens with zero attached hydrogens (tertiary/aromatic N) is 3. The molecule has 1 N–H and O–H groups in total. The van der Waals surface area contributed by atoms with Gasteiger partial charge in [0.05, 0.1) is 17.4 Å². The first kappa shape index (κ1) is 21.0. The zero-order valence-electron chi connectivity index (χ0n) is 19.6. The van der Waals surface area contributed by atoms with Crippen molar-refractivity contribution in [2.24, 2.45) is 0 Å². The fraction of sp³-hybridized carbons (Fsp3) is 0.393. The summed E-state index contributed by atoms with van der Waals surface area (Å²) in [6.45, 7) is 13.6. The highest BCUT2D eigenvalue weighted by Crippen LogP contribution is 2.40. The van der Waals surface area contributed by atoms with Crippen LogP contribution in [-0.2, 0) is 6.42 Å². The van der Waals surface area contributed by atoms with E-state index < -0.39 is 0 Å². The smallest absolute Gasteiger partial charge is 0.0703 e. The van der Waals surface area contributed by atoms with Crippen molar-refractivity contribution in [1.82, 2.24) is 9.88 Å². The largest absolute Gasteiger partial charge is 0.382 e. The number of aromatic nitrogens is 1. The van der Waals surface area contributed by atoms with Gasteiger partial charge in [-0.25, -0.2) is 0 Å². The minimum atomic E-state index is 0.264. The summed E-state index contributed by atoms with van der Waals surface area (Å²) in [5, 5.41) is 4.97. The number of nitrogens with one attached hydrogen (secondary N) is 1. The van der Waals surface area contributed by atoms with Gasteiger partial charge in [-0.3, -0.25) is 9.88 Å². The Bertz CT molecular complexity index is 1140. The summed E-state index contributed by atoms with van der Waals surface area (Å²) in [5.74, 6) is 0. The summed E-state index contributed by atoms with van der Waals surface area (Å²) < 4.78 is 0. The second-order valence-electron chi connectivity index (χ2n) is 10.2. The molecule has 0 bridgehead atoms. The number of hydrogen-bond donors (Lipinski definition) is 1. The van der Waals surface area contributed by atoms with Crippen LogP contribution in [0.15, 0.2) is 67.0 Å². The van der Waals surface area contributed by atoms with Crippen LogP contribution in [0.25, 0.3) is 10.9 Å². The molecule has 0 unspecified atom stereocenters. The van der Waals surface area contributed by atoms with E-state index >= 15 is 0 Å². The Hall–Kier alpha value is -2.85. The first-order valence-electron chi connectivity index (χ1n) is 11.9. The number of benzene rings is 2. The van der Waals surface area contributed by atoms with Crippen LogP contribution in [0.1, 0.15) is 45.6 Å². The van der Waals surface area contributed by atoms with Gasteiger partial charge in [0, 0.05) is 47.1 Å². The van der Waals surface area contributed by atoms with E-state index in [1.807, 2.05) is 12.3 Å². The number of fused-ring (bicyclic) bond motifs is 2. The standard InChI is InChI=1S/C28H34N4/c1-20-9-10-22-17-24(30-23-13-15-31(16-14-23)28(2,3)4)11-12-27(22)32(20)25-18-21-7-5-6-8-26(21)29-19-25/h5-8,11-12,17-19,23,30H,1,9-10,13-16H2,2-4H3. The molecule has 0 radical (unpaired) electrons. The van der Waals surface area contributed by atoms with Gasteiger partial charge in [-0.05, 0) is 82.3 Å². The molecule has 0 amide bonds. The lowest BCUT2D eigenvalue weighted by Gasteiger charge is -2.41. The molecule has 2 aliphatic rings. The van der Waals surface area contributed by atoms with Gasteiger partial charge in [-0.2, -0.15) is 0 Å². The molecule has 32 heavy (non-hydrogen) atoms. The zero-order chi connectivity index (χ0) is 22.3. The lowest BCUT2D eigenvalue weighted by molar-refractivity contribution is 0.106. The maximum Gasteiger partial charge on any atom is 0.0703 e. The van der Waals surface area contributed by atoms with Crippen LogP contribution in [0.4, 0.5) is 17.1 Å². The number of piperidine rings is 1. The molecule has 0 atom stereocenters. The molecule has 1 aromatic heterocycles. The first-order chi connectivity index (χ1) is 15.4. The molecule has 1 fully saturated rings. The van der Waals surface area contributed by atoms with E-state index in [-0.39, 0.29) is 5.54 Å². The highest BCUT2D eigenvalue weighted by Gasteiger charge is 2.27. The molecular formula is C28H34N4. The van der Waals surface area contributed by atoms with Crippen LogP contribution in [0.5, 0.6) is 0 Å². The quantitative estimate of drug-likeness (QED) is 0.517. The third-order valence-electron chi connectivity index (χ3n) is 6.97. The van der Waals surface area contributed by atoms with Crippen molar-refractivity contribution < 1.29 is 0 Å². The fourth-order valence-electron chi connectivity index (χ4n) is 5.09. The molecule has 3 heterocycles.